The molecule has 4 rings (SSSR count). The van der Waals surface area contributed by atoms with Crippen molar-refractivity contribution < 1.29 is 14.5 Å². The van der Waals surface area contributed by atoms with Crippen molar-refractivity contribution in [1.82, 2.24) is 9.80 Å². The van der Waals surface area contributed by atoms with Crippen LogP contribution in [0.3, 0.4) is 0 Å². The van der Waals surface area contributed by atoms with Crippen LogP contribution in [0.15, 0.2) is 66.0 Å². The number of nitrogens with zero attached hydrogens (tertiary/aromatic N) is 3. The topological polar surface area (TPSA) is 83.8 Å². The van der Waals surface area contributed by atoms with Crippen molar-refractivity contribution in [2.45, 2.75) is 25.8 Å². The Balaban J connectivity index is 1.57. The summed E-state index contributed by atoms with van der Waals surface area (Å²) in [6.45, 7) is 2.94. The van der Waals surface area contributed by atoms with Crippen LogP contribution in [0.1, 0.15) is 45.7 Å². The van der Waals surface area contributed by atoms with Gasteiger partial charge in [-0.05, 0) is 47.5 Å². The molecule has 1 aliphatic heterocycles. The number of non-ortho nitro benzene ring substituents is 1. The van der Waals surface area contributed by atoms with E-state index in [1.165, 1.54) is 34.0 Å². The minimum atomic E-state index is -0.500. The number of nitro groups is 1. The molecule has 8 heteroatoms. The van der Waals surface area contributed by atoms with Crippen LogP contribution in [0.5, 0.6) is 0 Å². The zero-order chi connectivity index (χ0) is 23.4. The number of nitro benzene ring substituents is 1. The maximum atomic E-state index is 13.5. The number of hydrogen-bond donors (Lipinski definition) is 0. The van der Waals surface area contributed by atoms with Gasteiger partial charge in [-0.3, -0.25) is 19.7 Å². The van der Waals surface area contributed by atoms with Crippen molar-refractivity contribution in [2.75, 3.05) is 19.6 Å². The molecule has 2 heterocycles. The number of amides is 2. The second-order valence-corrected chi connectivity index (χ2v) is 8.98. The van der Waals surface area contributed by atoms with Crippen LogP contribution in [-0.4, -0.2) is 46.2 Å². The molecule has 7 nitrogen and oxygen atoms in total. The number of rotatable bonds is 7. The van der Waals surface area contributed by atoms with E-state index in [9.17, 15) is 19.7 Å². The first kappa shape index (κ1) is 22.7. The van der Waals surface area contributed by atoms with Gasteiger partial charge >= 0.3 is 0 Å². The Morgan fingerprint density at radius 1 is 1.12 bits per heavy atom. The highest BCUT2D eigenvalue weighted by Gasteiger charge is 2.34. The molecule has 2 amide bonds. The van der Waals surface area contributed by atoms with E-state index >= 15 is 0 Å². The zero-order valence-corrected chi connectivity index (χ0v) is 19.2. The lowest BCUT2D eigenvalue weighted by Gasteiger charge is -2.37. The van der Waals surface area contributed by atoms with Gasteiger partial charge < -0.3 is 9.80 Å². The molecule has 1 atom stereocenters. The Morgan fingerprint density at radius 2 is 1.85 bits per heavy atom. The molecule has 0 saturated heterocycles. The van der Waals surface area contributed by atoms with E-state index in [1.807, 2.05) is 42.2 Å². The molecule has 0 saturated carbocycles. The summed E-state index contributed by atoms with van der Waals surface area (Å²) in [7, 11) is 0. The SMILES string of the molecule is CCCN(CC(=O)N1CCc2sccc2C1c1ccccc1)C(=O)c1ccc([N+](=O)[O-])cc1. The van der Waals surface area contributed by atoms with Crippen LogP contribution < -0.4 is 0 Å². The highest BCUT2D eigenvalue weighted by Crippen LogP contribution is 2.37. The van der Waals surface area contributed by atoms with E-state index in [2.05, 4.69) is 11.4 Å². The third-order valence-electron chi connectivity index (χ3n) is 5.83. The number of benzene rings is 2. The molecule has 1 aromatic heterocycles. The minimum Gasteiger partial charge on any atom is -0.330 e. The maximum Gasteiger partial charge on any atom is 0.269 e. The largest absolute Gasteiger partial charge is 0.330 e. The summed E-state index contributed by atoms with van der Waals surface area (Å²) >= 11 is 1.71. The molecular weight excluding hydrogens is 438 g/mol. The Kier molecular flexibility index (Phi) is 6.84. The van der Waals surface area contributed by atoms with Crippen molar-refractivity contribution in [3.8, 4) is 0 Å². The van der Waals surface area contributed by atoms with E-state index < -0.39 is 4.92 Å². The molecule has 3 aromatic rings. The molecule has 0 N–H and O–H groups in total. The third kappa shape index (κ3) is 4.80. The monoisotopic (exact) mass is 463 g/mol. The molecule has 33 heavy (non-hydrogen) atoms. The number of carbonyl (C=O) groups is 2. The standard InChI is InChI=1S/C25H25N3O4S/c1-2-14-26(25(30)19-8-10-20(11-9-19)28(31)32)17-23(29)27-15-12-22-21(13-16-33-22)24(27)18-6-4-3-5-7-18/h3-11,13,16,24H,2,12,14-15,17H2,1H3. The van der Waals surface area contributed by atoms with Gasteiger partial charge in [-0.15, -0.1) is 11.3 Å². The molecule has 2 aromatic carbocycles. The van der Waals surface area contributed by atoms with Gasteiger partial charge in [0.05, 0.1) is 11.0 Å². The van der Waals surface area contributed by atoms with Crippen molar-refractivity contribution in [3.05, 3.63) is 97.7 Å². The first-order valence-corrected chi connectivity index (χ1v) is 11.8. The maximum absolute atomic E-state index is 13.5. The molecule has 1 aliphatic rings. The summed E-state index contributed by atoms with van der Waals surface area (Å²) in [6, 6.07) is 17.4. The quantitative estimate of drug-likeness (QED) is 0.376. The normalized spacial score (nSPS) is 15.1. The predicted molar refractivity (Wildman–Crippen MR) is 127 cm³/mol. The number of hydrogen-bond acceptors (Lipinski definition) is 5. The molecule has 170 valence electrons. The molecule has 1 unspecified atom stereocenters. The van der Waals surface area contributed by atoms with Crippen LogP contribution in [0.4, 0.5) is 5.69 Å². The van der Waals surface area contributed by atoms with E-state index in [1.54, 1.807) is 11.3 Å². The van der Waals surface area contributed by atoms with Crippen LogP contribution in [0.25, 0.3) is 0 Å². The van der Waals surface area contributed by atoms with E-state index in [0.717, 1.165) is 17.5 Å². The minimum absolute atomic E-state index is 0.0353. The number of fused-ring (bicyclic) bond motifs is 1. The molecule has 0 radical (unpaired) electrons. The lowest BCUT2D eigenvalue weighted by molar-refractivity contribution is -0.384. The fourth-order valence-corrected chi connectivity index (χ4v) is 5.17. The van der Waals surface area contributed by atoms with Crippen molar-refractivity contribution in [2.24, 2.45) is 0 Å². The fourth-order valence-electron chi connectivity index (χ4n) is 4.26. The summed E-state index contributed by atoms with van der Waals surface area (Å²) in [5, 5.41) is 13.0. The van der Waals surface area contributed by atoms with Crippen LogP contribution in [0, 0.1) is 10.1 Å². The molecule has 0 bridgehead atoms. The lowest BCUT2D eigenvalue weighted by Crippen LogP contribution is -2.47. The van der Waals surface area contributed by atoms with Crippen molar-refractivity contribution in [1.29, 1.82) is 0 Å². The van der Waals surface area contributed by atoms with Crippen LogP contribution >= 0.6 is 11.3 Å². The fraction of sp³-hybridized carbons (Fsp3) is 0.280. The highest BCUT2D eigenvalue weighted by atomic mass is 32.1. The van der Waals surface area contributed by atoms with Crippen molar-refractivity contribution >= 4 is 28.8 Å². The first-order chi connectivity index (χ1) is 16.0. The lowest BCUT2D eigenvalue weighted by atomic mass is 9.93. The number of carbonyl (C=O) groups excluding carboxylic acids is 2. The van der Waals surface area contributed by atoms with Gasteiger partial charge in [0.2, 0.25) is 5.91 Å². The second-order valence-electron chi connectivity index (χ2n) is 7.98. The van der Waals surface area contributed by atoms with Crippen molar-refractivity contribution in [3.63, 3.8) is 0 Å². The Bertz CT molecular complexity index is 1140. The van der Waals surface area contributed by atoms with Gasteiger partial charge in [0, 0.05) is 35.7 Å². The van der Waals surface area contributed by atoms with E-state index in [4.69, 9.17) is 0 Å². The molecule has 0 aliphatic carbocycles. The summed E-state index contributed by atoms with van der Waals surface area (Å²) in [5.74, 6) is -0.408. The van der Waals surface area contributed by atoms with E-state index in [0.29, 0.717) is 25.1 Å². The second kappa shape index (κ2) is 9.95. The predicted octanol–water partition coefficient (Wildman–Crippen LogP) is 4.68. The summed E-state index contributed by atoms with van der Waals surface area (Å²) in [4.78, 5) is 41.8. The van der Waals surface area contributed by atoms with Gasteiger partial charge in [0.1, 0.15) is 6.54 Å². The summed E-state index contributed by atoms with van der Waals surface area (Å²) in [5.41, 5.74) is 2.46. The van der Waals surface area contributed by atoms with Gasteiger partial charge in [-0.25, -0.2) is 0 Å². The zero-order valence-electron chi connectivity index (χ0n) is 18.3. The summed E-state index contributed by atoms with van der Waals surface area (Å²) in [6.07, 6.45) is 1.49. The van der Waals surface area contributed by atoms with Gasteiger partial charge in [0.15, 0.2) is 0 Å². The van der Waals surface area contributed by atoms with Crippen LogP contribution in [0.2, 0.25) is 0 Å². The smallest absolute Gasteiger partial charge is 0.269 e. The highest BCUT2D eigenvalue weighted by molar-refractivity contribution is 7.10. The Hall–Kier alpha value is -3.52. The van der Waals surface area contributed by atoms with Gasteiger partial charge in [0.25, 0.3) is 11.6 Å². The number of thiophene rings is 1. The first-order valence-electron chi connectivity index (χ1n) is 10.9. The average Bonchev–Trinajstić information content (AvgIpc) is 3.32. The molecule has 0 spiro atoms. The average molecular weight is 464 g/mol. The van der Waals surface area contributed by atoms with Gasteiger partial charge in [-0.2, -0.15) is 0 Å². The van der Waals surface area contributed by atoms with E-state index in [-0.39, 0.29) is 30.1 Å². The summed E-state index contributed by atoms with van der Waals surface area (Å²) < 4.78 is 0. The van der Waals surface area contributed by atoms with Crippen LogP contribution in [-0.2, 0) is 11.2 Å². The Morgan fingerprint density at radius 3 is 2.52 bits per heavy atom. The molecule has 0 fully saturated rings. The Labute approximate surface area is 196 Å². The molecular formula is C25H25N3O4S. The third-order valence-corrected chi connectivity index (χ3v) is 6.83. The van der Waals surface area contributed by atoms with Gasteiger partial charge in [-0.1, -0.05) is 37.3 Å².